The molecule has 96 valence electrons. The van der Waals surface area contributed by atoms with E-state index in [9.17, 15) is 5.11 Å². The van der Waals surface area contributed by atoms with E-state index in [2.05, 4.69) is 40.7 Å². The Morgan fingerprint density at radius 3 is 1.94 bits per heavy atom. The van der Waals surface area contributed by atoms with Crippen molar-refractivity contribution in [3.63, 3.8) is 0 Å². The predicted octanol–water partition coefficient (Wildman–Crippen LogP) is 4.19. The van der Waals surface area contributed by atoms with E-state index in [1.807, 2.05) is 0 Å². The van der Waals surface area contributed by atoms with Gasteiger partial charge in [0.15, 0.2) is 0 Å². The summed E-state index contributed by atoms with van der Waals surface area (Å²) in [4.78, 5) is 0. The van der Waals surface area contributed by atoms with Gasteiger partial charge in [0.05, 0.1) is 0 Å². The van der Waals surface area contributed by atoms with E-state index >= 15 is 0 Å². The van der Waals surface area contributed by atoms with Crippen molar-refractivity contribution >= 4 is 0 Å². The molecule has 0 aliphatic rings. The molecule has 1 aromatic carbocycles. The normalized spacial score (nSPS) is 12.8. The maximum absolute atomic E-state index is 9.25. The highest BCUT2D eigenvalue weighted by Crippen LogP contribution is 2.33. The molecule has 0 aromatic heterocycles. The summed E-state index contributed by atoms with van der Waals surface area (Å²) in [7, 11) is 0. The van der Waals surface area contributed by atoms with Gasteiger partial charge in [-0.3, -0.25) is 0 Å². The minimum Gasteiger partial charge on any atom is -0.396 e. The maximum Gasteiger partial charge on any atom is 0.0436 e. The third kappa shape index (κ3) is 3.10. The van der Waals surface area contributed by atoms with Gasteiger partial charge in [0.1, 0.15) is 0 Å². The zero-order valence-electron chi connectivity index (χ0n) is 11.9. The van der Waals surface area contributed by atoms with Gasteiger partial charge in [-0.25, -0.2) is 0 Å². The minimum atomic E-state index is 0.288. The fourth-order valence-electron chi connectivity index (χ4n) is 2.80. The molecule has 0 radical (unpaired) electrons. The smallest absolute Gasteiger partial charge is 0.0436 e. The molecule has 1 unspecified atom stereocenters. The molecular weight excluding hydrogens is 208 g/mol. The Hall–Kier alpha value is -0.820. The molecule has 0 bridgehead atoms. The molecule has 1 N–H and O–H groups in total. The standard InChI is InChI=1S/C16H26O/c1-6-7-15(8-9-17)16-13(4)11(2)10-12(3)14(16)5/h10,15,17H,6-9H2,1-5H3. The van der Waals surface area contributed by atoms with Gasteiger partial charge < -0.3 is 5.11 Å². The van der Waals surface area contributed by atoms with Crippen LogP contribution in [0.4, 0.5) is 0 Å². The van der Waals surface area contributed by atoms with Crippen molar-refractivity contribution in [2.75, 3.05) is 6.61 Å². The number of hydrogen-bond donors (Lipinski definition) is 1. The summed E-state index contributed by atoms with van der Waals surface area (Å²) in [5.74, 6) is 0.517. The lowest BCUT2D eigenvalue weighted by Gasteiger charge is -2.23. The summed E-state index contributed by atoms with van der Waals surface area (Å²) in [6.45, 7) is 11.3. The van der Waals surface area contributed by atoms with Crippen molar-refractivity contribution in [1.29, 1.82) is 0 Å². The predicted molar refractivity (Wildman–Crippen MR) is 74.7 cm³/mol. The molecule has 0 heterocycles. The summed E-state index contributed by atoms with van der Waals surface area (Å²) in [5, 5.41) is 9.25. The lowest BCUT2D eigenvalue weighted by Crippen LogP contribution is -2.08. The zero-order valence-corrected chi connectivity index (χ0v) is 11.9. The van der Waals surface area contributed by atoms with Crippen LogP contribution >= 0.6 is 0 Å². The van der Waals surface area contributed by atoms with Gasteiger partial charge in [-0.2, -0.15) is 0 Å². The third-order valence-corrected chi connectivity index (χ3v) is 3.95. The average Bonchev–Trinajstić information content (AvgIpc) is 2.27. The highest BCUT2D eigenvalue weighted by Gasteiger charge is 2.17. The van der Waals surface area contributed by atoms with E-state index in [1.54, 1.807) is 0 Å². The van der Waals surface area contributed by atoms with Crippen molar-refractivity contribution in [3.05, 3.63) is 33.9 Å². The summed E-state index contributed by atoms with van der Waals surface area (Å²) >= 11 is 0. The Kier molecular flexibility index (Phi) is 5.20. The van der Waals surface area contributed by atoms with E-state index in [-0.39, 0.29) is 6.61 Å². The van der Waals surface area contributed by atoms with Crippen LogP contribution in [0, 0.1) is 27.7 Å². The molecule has 1 aromatic rings. The number of hydrogen-bond acceptors (Lipinski definition) is 1. The summed E-state index contributed by atoms with van der Waals surface area (Å²) in [6, 6.07) is 2.27. The molecule has 1 atom stereocenters. The van der Waals surface area contributed by atoms with E-state index in [4.69, 9.17) is 0 Å². The highest BCUT2D eigenvalue weighted by atomic mass is 16.3. The van der Waals surface area contributed by atoms with E-state index in [1.165, 1.54) is 40.7 Å². The fourth-order valence-corrected chi connectivity index (χ4v) is 2.80. The second-order valence-electron chi connectivity index (χ2n) is 5.17. The number of aryl methyl sites for hydroxylation is 2. The van der Waals surface area contributed by atoms with Crippen LogP contribution in [0.15, 0.2) is 6.07 Å². The molecule has 0 saturated heterocycles. The number of aliphatic hydroxyl groups is 1. The van der Waals surface area contributed by atoms with Gasteiger partial charge >= 0.3 is 0 Å². The monoisotopic (exact) mass is 234 g/mol. The van der Waals surface area contributed by atoms with Crippen molar-refractivity contribution in [1.82, 2.24) is 0 Å². The quantitative estimate of drug-likeness (QED) is 0.810. The molecule has 1 rings (SSSR count). The van der Waals surface area contributed by atoms with Gasteiger partial charge in [-0.15, -0.1) is 0 Å². The van der Waals surface area contributed by atoms with Crippen LogP contribution in [-0.4, -0.2) is 11.7 Å². The second kappa shape index (κ2) is 6.20. The Labute approximate surface area is 106 Å². The first-order chi connectivity index (χ1) is 8.02. The van der Waals surface area contributed by atoms with Crippen LogP contribution in [-0.2, 0) is 0 Å². The molecule has 1 heteroatoms. The summed E-state index contributed by atoms with van der Waals surface area (Å²) in [6.07, 6.45) is 3.24. The maximum atomic E-state index is 9.25. The van der Waals surface area contributed by atoms with Crippen molar-refractivity contribution in [3.8, 4) is 0 Å². The topological polar surface area (TPSA) is 20.2 Å². The Morgan fingerprint density at radius 2 is 1.53 bits per heavy atom. The third-order valence-electron chi connectivity index (χ3n) is 3.95. The van der Waals surface area contributed by atoms with Crippen LogP contribution in [0.25, 0.3) is 0 Å². The van der Waals surface area contributed by atoms with Crippen molar-refractivity contribution < 1.29 is 5.11 Å². The Balaban J connectivity index is 3.25. The number of benzene rings is 1. The molecule has 0 spiro atoms. The molecular formula is C16H26O. The molecule has 0 fully saturated rings. The first-order valence-corrected chi connectivity index (χ1v) is 6.71. The Morgan fingerprint density at radius 1 is 1.00 bits per heavy atom. The largest absolute Gasteiger partial charge is 0.396 e. The van der Waals surface area contributed by atoms with Crippen LogP contribution in [0.3, 0.4) is 0 Å². The molecule has 1 nitrogen and oxygen atoms in total. The van der Waals surface area contributed by atoms with Crippen molar-refractivity contribution in [2.45, 2.75) is 59.8 Å². The SMILES string of the molecule is CCCC(CCO)c1c(C)c(C)cc(C)c1C. The molecule has 17 heavy (non-hydrogen) atoms. The molecule has 0 saturated carbocycles. The van der Waals surface area contributed by atoms with E-state index in [0.717, 1.165) is 6.42 Å². The van der Waals surface area contributed by atoms with Gasteiger partial charge in [0.2, 0.25) is 0 Å². The second-order valence-corrected chi connectivity index (χ2v) is 5.17. The van der Waals surface area contributed by atoms with Crippen LogP contribution < -0.4 is 0 Å². The lowest BCUT2D eigenvalue weighted by atomic mass is 9.82. The van der Waals surface area contributed by atoms with Crippen LogP contribution in [0.1, 0.15) is 59.9 Å². The molecule has 0 aliphatic carbocycles. The zero-order chi connectivity index (χ0) is 13.0. The molecule has 0 amide bonds. The first kappa shape index (κ1) is 14.2. The molecule has 0 aliphatic heterocycles. The summed E-state index contributed by atoms with van der Waals surface area (Å²) in [5.41, 5.74) is 7.07. The van der Waals surface area contributed by atoms with Crippen molar-refractivity contribution in [2.24, 2.45) is 0 Å². The van der Waals surface area contributed by atoms with Gasteiger partial charge in [0.25, 0.3) is 0 Å². The first-order valence-electron chi connectivity index (χ1n) is 6.71. The van der Waals surface area contributed by atoms with Gasteiger partial charge in [0, 0.05) is 6.61 Å². The lowest BCUT2D eigenvalue weighted by molar-refractivity contribution is 0.272. The van der Waals surface area contributed by atoms with Gasteiger partial charge in [-0.1, -0.05) is 19.4 Å². The van der Waals surface area contributed by atoms with Crippen LogP contribution in [0.5, 0.6) is 0 Å². The fraction of sp³-hybridized carbons (Fsp3) is 0.625. The summed E-state index contributed by atoms with van der Waals surface area (Å²) < 4.78 is 0. The van der Waals surface area contributed by atoms with Crippen LogP contribution in [0.2, 0.25) is 0 Å². The average molecular weight is 234 g/mol. The van der Waals surface area contributed by atoms with Gasteiger partial charge in [-0.05, 0) is 74.3 Å². The van der Waals surface area contributed by atoms with E-state index in [0.29, 0.717) is 5.92 Å². The number of aliphatic hydroxyl groups excluding tert-OH is 1. The number of rotatable bonds is 5. The minimum absolute atomic E-state index is 0.288. The highest BCUT2D eigenvalue weighted by molar-refractivity contribution is 5.45. The Bertz CT molecular complexity index is 347. The van der Waals surface area contributed by atoms with E-state index < -0.39 is 0 Å².